The van der Waals surface area contributed by atoms with Gasteiger partial charge in [-0.1, -0.05) is 0 Å². The summed E-state index contributed by atoms with van der Waals surface area (Å²) in [6, 6.07) is 2.89. The lowest BCUT2D eigenvalue weighted by Gasteiger charge is -2.05. The molecule has 0 aliphatic rings. The van der Waals surface area contributed by atoms with E-state index in [1.54, 1.807) is 12.3 Å². The molecule has 0 bridgehead atoms. The number of aromatic carboxylic acids is 1. The van der Waals surface area contributed by atoms with E-state index in [4.69, 9.17) is 5.11 Å². The molecule has 0 unspecified atom stereocenters. The van der Waals surface area contributed by atoms with Crippen LogP contribution in [0.5, 0.6) is 0 Å². The second kappa shape index (κ2) is 5.07. The first-order valence-electron chi connectivity index (χ1n) is 5.31. The maximum Gasteiger partial charge on any atom is 0.348 e. The summed E-state index contributed by atoms with van der Waals surface area (Å²) in [6.45, 7) is 1.69. The van der Waals surface area contributed by atoms with Gasteiger partial charge < -0.3 is 15.4 Å². The van der Waals surface area contributed by atoms with Crippen LogP contribution in [0.3, 0.4) is 0 Å². The Morgan fingerprint density at radius 2 is 2.16 bits per heavy atom. The van der Waals surface area contributed by atoms with Gasteiger partial charge in [0.25, 0.3) is 11.5 Å². The molecule has 6 nitrogen and oxygen atoms in total. The van der Waals surface area contributed by atoms with Crippen LogP contribution in [0.15, 0.2) is 28.5 Å². The molecule has 0 aromatic carbocycles. The maximum absolute atomic E-state index is 11.9. The lowest BCUT2D eigenvalue weighted by atomic mass is 10.2. The molecule has 98 valence electrons. The number of carboxylic acids is 1. The molecule has 2 rings (SSSR count). The number of anilines is 1. The molecule has 7 heteroatoms. The largest absolute Gasteiger partial charge is 0.477 e. The lowest BCUT2D eigenvalue weighted by Crippen LogP contribution is -2.23. The number of nitrogens with one attached hydrogen (secondary N) is 2. The monoisotopic (exact) mass is 278 g/mol. The Morgan fingerprint density at radius 1 is 1.42 bits per heavy atom. The summed E-state index contributed by atoms with van der Waals surface area (Å²) in [4.78, 5) is 36.8. The van der Waals surface area contributed by atoms with Crippen LogP contribution < -0.4 is 10.9 Å². The first kappa shape index (κ1) is 13.0. The van der Waals surface area contributed by atoms with E-state index in [9.17, 15) is 14.4 Å². The molecule has 0 aliphatic heterocycles. The first-order chi connectivity index (χ1) is 9.00. The smallest absolute Gasteiger partial charge is 0.348 e. The standard InChI is InChI=1S/C12H10N2O4S/c1-6-5-19-9(12(17)18)8(6)14-11(16)7-3-2-4-13-10(7)15/h2-5H,1H3,(H,13,15)(H,14,16)(H,17,18). The van der Waals surface area contributed by atoms with Crippen molar-refractivity contribution in [1.82, 2.24) is 4.98 Å². The van der Waals surface area contributed by atoms with Gasteiger partial charge in [0.1, 0.15) is 10.4 Å². The molecule has 0 atom stereocenters. The molecule has 0 spiro atoms. The van der Waals surface area contributed by atoms with E-state index in [0.717, 1.165) is 11.3 Å². The molecule has 3 N–H and O–H groups in total. The van der Waals surface area contributed by atoms with Crippen LogP contribution in [0.4, 0.5) is 5.69 Å². The summed E-state index contributed by atoms with van der Waals surface area (Å²) in [7, 11) is 0. The summed E-state index contributed by atoms with van der Waals surface area (Å²) in [5.74, 6) is -1.75. The van der Waals surface area contributed by atoms with Gasteiger partial charge in [-0.3, -0.25) is 9.59 Å². The van der Waals surface area contributed by atoms with Gasteiger partial charge in [-0.15, -0.1) is 11.3 Å². The zero-order valence-corrected chi connectivity index (χ0v) is 10.7. The molecular formula is C12H10N2O4S. The van der Waals surface area contributed by atoms with Crippen molar-refractivity contribution >= 4 is 28.9 Å². The van der Waals surface area contributed by atoms with Crippen molar-refractivity contribution < 1.29 is 14.7 Å². The van der Waals surface area contributed by atoms with Crippen molar-refractivity contribution in [2.45, 2.75) is 6.92 Å². The second-order valence-electron chi connectivity index (χ2n) is 3.80. The maximum atomic E-state index is 11.9. The van der Waals surface area contributed by atoms with Gasteiger partial charge in [-0.2, -0.15) is 0 Å². The molecule has 2 aromatic heterocycles. The van der Waals surface area contributed by atoms with E-state index in [0.29, 0.717) is 5.56 Å². The summed E-state index contributed by atoms with van der Waals surface area (Å²) in [5, 5.41) is 13.1. The number of carboxylic acid groups (broad SMARTS) is 1. The molecule has 1 amide bonds. The van der Waals surface area contributed by atoms with Crippen molar-refractivity contribution in [1.29, 1.82) is 0 Å². The average molecular weight is 278 g/mol. The summed E-state index contributed by atoms with van der Waals surface area (Å²) < 4.78 is 0. The Kier molecular flexibility index (Phi) is 3.48. The van der Waals surface area contributed by atoms with Crippen LogP contribution in [-0.4, -0.2) is 22.0 Å². The minimum absolute atomic E-state index is 0.0400. The Bertz CT molecular complexity index is 702. The minimum atomic E-state index is -1.12. The lowest BCUT2D eigenvalue weighted by molar-refractivity contribution is 0.0703. The van der Waals surface area contributed by atoms with Crippen LogP contribution in [0.1, 0.15) is 25.6 Å². The topological polar surface area (TPSA) is 99.3 Å². The fraction of sp³-hybridized carbons (Fsp3) is 0.0833. The number of amides is 1. The van der Waals surface area contributed by atoms with Gasteiger partial charge in [0.15, 0.2) is 0 Å². The summed E-state index contributed by atoms with van der Waals surface area (Å²) in [6.07, 6.45) is 1.41. The van der Waals surface area contributed by atoms with Crippen LogP contribution in [0.25, 0.3) is 0 Å². The predicted molar refractivity (Wildman–Crippen MR) is 71.0 cm³/mol. The third kappa shape index (κ3) is 2.55. The fourth-order valence-corrected chi connectivity index (χ4v) is 2.38. The molecule has 19 heavy (non-hydrogen) atoms. The van der Waals surface area contributed by atoms with Crippen molar-refractivity contribution in [2.75, 3.05) is 5.32 Å². The highest BCUT2D eigenvalue weighted by molar-refractivity contribution is 7.12. The Balaban J connectivity index is 2.35. The number of rotatable bonds is 3. The molecule has 0 fully saturated rings. The molecule has 2 aromatic rings. The van der Waals surface area contributed by atoms with E-state index in [-0.39, 0.29) is 16.1 Å². The van der Waals surface area contributed by atoms with Crippen LogP contribution in [0, 0.1) is 6.92 Å². The number of aryl methyl sites for hydroxylation is 1. The predicted octanol–water partition coefficient (Wildman–Crippen LogP) is 1.70. The normalized spacial score (nSPS) is 10.2. The SMILES string of the molecule is Cc1csc(C(=O)O)c1NC(=O)c1ccc[nH]c1=O. The third-order valence-electron chi connectivity index (χ3n) is 2.47. The Labute approximate surface area is 111 Å². The Morgan fingerprint density at radius 3 is 2.79 bits per heavy atom. The number of pyridine rings is 1. The van der Waals surface area contributed by atoms with E-state index in [2.05, 4.69) is 10.3 Å². The van der Waals surface area contributed by atoms with Gasteiger partial charge in [0.2, 0.25) is 0 Å². The van der Waals surface area contributed by atoms with E-state index < -0.39 is 17.4 Å². The van der Waals surface area contributed by atoms with Crippen molar-refractivity contribution in [3.05, 3.63) is 50.1 Å². The zero-order valence-electron chi connectivity index (χ0n) is 9.89. The highest BCUT2D eigenvalue weighted by atomic mass is 32.1. The number of H-pyrrole nitrogens is 1. The average Bonchev–Trinajstić information content (AvgIpc) is 2.71. The van der Waals surface area contributed by atoms with Gasteiger partial charge in [0, 0.05) is 6.20 Å². The van der Waals surface area contributed by atoms with Crippen LogP contribution >= 0.6 is 11.3 Å². The van der Waals surface area contributed by atoms with E-state index in [1.165, 1.54) is 18.3 Å². The van der Waals surface area contributed by atoms with Crippen LogP contribution in [-0.2, 0) is 0 Å². The number of aromatic amines is 1. The minimum Gasteiger partial charge on any atom is -0.477 e. The quantitative estimate of drug-likeness (QED) is 0.795. The highest BCUT2D eigenvalue weighted by Crippen LogP contribution is 2.27. The van der Waals surface area contributed by atoms with E-state index >= 15 is 0 Å². The molecule has 0 saturated heterocycles. The number of thiophene rings is 1. The zero-order chi connectivity index (χ0) is 14.0. The number of hydrogen-bond acceptors (Lipinski definition) is 4. The molecular weight excluding hydrogens is 268 g/mol. The number of hydrogen-bond donors (Lipinski definition) is 3. The molecule has 0 radical (unpaired) electrons. The van der Waals surface area contributed by atoms with Gasteiger partial charge in [0.05, 0.1) is 5.69 Å². The van der Waals surface area contributed by atoms with Gasteiger partial charge in [-0.05, 0) is 30.0 Å². The van der Waals surface area contributed by atoms with Crippen molar-refractivity contribution in [2.24, 2.45) is 0 Å². The summed E-state index contributed by atoms with van der Waals surface area (Å²) >= 11 is 1.03. The summed E-state index contributed by atoms with van der Waals surface area (Å²) in [5.41, 5.74) is 0.281. The number of carbonyl (C=O) groups is 2. The first-order valence-corrected chi connectivity index (χ1v) is 6.19. The van der Waals surface area contributed by atoms with E-state index in [1.807, 2.05) is 0 Å². The van der Waals surface area contributed by atoms with Crippen molar-refractivity contribution in [3.63, 3.8) is 0 Å². The molecule has 0 saturated carbocycles. The third-order valence-corrected chi connectivity index (χ3v) is 3.56. The molecule has 2 heterocycles. The second-order valence-corrected chi connectivity index (χ2v) is 4.67. The molecule has 0 aliphatic carbocycles. The van der Waals surface area contributed by atoms with Crippen LogP contribution in [0.2, 0.25) is 0 Å². The Hall–Kier alpha value is -2.41. The number of aromatic nitrogens is 1. The highest BCUT2D eigenvalue weighted by Gasteiger charge is 2.19. The van der Waals surface area contributed by atoms with Gasteiger partial charge >= 0.3 is 5.97 Å². The fourth-order valence-electron chi connectivity index (χ4n) is 1.54. The number of carbonyl (C=O) groups excluding carboxylic acids is 1. The van der Waals surface area contributed by atoms with Gasteiger partial charge in [-0.25, -0.2) is 4.79 Å². The van der Waals surface area contributed by atoms with Crippen molar-refractivity contribution in [3.8, 4) is 0 Å².